The van der Waals surface area contributed by atoms with Crippen molar-refractivity contribution in [1.29, 1.82) is 0 Å². The fraction of sp³-hybridized carbons (Fsp3) is 0.519. The van der Waals surface area contributed by atoms with Crippen LogP contribution in [0.25, 0.3) is 11.1 Å². The maximum atomic E-state index is 6.11. The molecular formula is C27H33NO2S. The molecule has 2 saturated heterocycles. The molecular weight excluding hydrogens is 402 g/mol. The van der Waals surface area contributed by atoms with Crippen LogP contribution in [0, 0.1) is 5.92 Å². The minimum atomic E-state index is 0.238. The average molecular weight is 436 g/mol. The van der Waals surface area contributed by atoms with Crippen molar-refractivity contribution >= 4 is 17.3 Å². The van der Waals surface area contributed by atoms with Crippen LogP contribution in [-0.4, -0.2) is 35.7 Å². The summed E-state index contributed by atoms with van der Waals surface area (Å²) < 4.78 is 12.2. The Morgan fingerprint density at radius 3 is 2.90 bits per heavy atom. The van der Waals surface area contributed by atoms with Gasteiger partial charge in [0.15, 0.2) is 5.05 Å². The summed E-state index contributed by atoms with van der Waals surface area (Å²) in [5, 5.41) is 0.772. The van der Waals surface area contributed by atoms with E-state index >= 15 is 0 Å². The Kier molecular flexibility index (Phi) is 6.29. The molecule has 0 aliphatic carbocycles. The highest BCUT2D eigenvalue weighted by atomic mass is 32.1. The predicted molar refractivity (Wildman–Crippen MR) is 130 cm³/mol. The number of unbranched alkanes of at least 4 members (excludes halogenated alkanes) is 1. The van der Waals surface area contributed by atoms with Crippen molar-refractivity contribution in [3.63, 3.8) is 0 Å². The van der Waals surface area contributed by atoms with Crippen molar-refractivity contribution in [2.45, 2.75) is 63.8 Å². The van der Waals surface area contributed by atoms with Gasteiger partial charge in [-0.15, -0.1) is 0 Å². The van der Waals surface area contributed by atoms with E-state index in [0.717, 1.165) is 47.6 Å². The number of piperidine rings is 2. The smallest absolute Gasteiger partial charge is 0.175 e. The maximum absolute atomic E-state index is 6.11. The second-order valence-electron chi connectivity index (χ2n) is 9.32. The molecule has 3 aliphatic heterocycles. The van der Waals surface area contributed by atoms with Crippen LogP contribution in [0.1, 0.15) is 63.4 Å². The second-order valence-corrected chi connectivity index (χ2v) is 9.72. The molecule has 3 unspecified atom stereocenters. The van der Waals surface area contributed by atoms with Gasteiger partial charge in [0.25, 0.3) is 0 Å². The van der Waals surface area contributed by atoms with E-state index in [4.69, 9.17) is 21.7 Å². The lowest BCUT2D eigenvalue weighted by molar-refractivity contribution is 0.0762. The summed E-state index contributed by atoms with van der Waals surface area (Å²) in [5.74, 6) is 2.74. The Morgan fingerprint density at radius 1 is 1.10 bits per heavy atom. The van der Waals surface area contributed by atoms with E-state index < -0.39 is 0 Å². The summed E-state index contributed by atoms with van der Waals surface area (Å²) in [5.41, 5.74) is 3.62. The number of para-hydroxylation sites is 1. The first-order valence-electron chi connectivity index (χ1n) is 12.1. The summed E-state index contributed by atoms with van der Waals surface area (Å²) in [6.07, 6.45) is 8.73. The van der Waals surface area contributed by atoms with Gasteiger partial charge in [-0.3, -0.25) is 0 Å². The number of fused-ring (bicyclic) bond motifs is 2. The van der Waals surface area contributed by atoms with E-state index in [1.165, 1.54) is 56.3 Å². The molecule has 164 valence electrons. The fourth-order valence-corrected chi connectivity index (χ4v) is 6.09. The summed E-state index contributed by atoms with van der Waals surface area (Å²) in [7, 11) is 0. The highest BCUT2D eigenvalue weighted by Crippen LogP contribution is 2.47. The highest BCUT2D eigenvalue weighted by molar-refractivity contribution is 7.80. The number of ether oxygens (including phenoxy) is 2. The Balaban J connectivity index is 1.42. The van der Waals surface area contributed by atoms with Crippen molar-refractivity contribution in [3.05, 3.63) is 48.0 Å². The molecule has 3 atom stereocenters. The second kappa shape index (κ2) is 9.30. The molecule has 3 nitrogen and oxygen atoms in total. The largest absolute Gasteiger partial charge is 0.493 e. The Morgan fingerprint density at radius 2 is 2.00 bits per heavy atom. The minimum Gasteiger partial charge on any atom is -0.493 e. The van der Waals surface area contributed by atoms with Gasteiger partial charge in [0.2, 0.25) is 0 Å². The number of nitrogens with zero attached hydrogens (tertiary/aromatic N) is 1. The quantitative estimate of drug-likeness (QED) is 0.376. The van der Waals surface area contributed by atoms with E-state index in [1.807, 2.05) is 0 Å². The number of hydrogen-bond donors (Lipinski definition) is 0. The molecule has 5 rings (SSSR count). The van der Waals surface area contributed by atoms with E-state index in [1.54, 1.807) is 0 Å². The molecule has 2 aromatic carbocycles. The van der Waals surface area contributed by atoms with Gasteiger partial charge in [-0.1, -0.05) is 44.0 Å². The van der Waals surface area contributed by atoms with Crippen molar-refractivity contribution in [3.8, 4) is 22.6 Å². The highest BCUT2D eigenvalue weighted by Gasteiger charge is 2.41. The van der Waals surface area contributed by atoms with Crippen LogP contribution >= 0.6 is 12.2 Å². The van der Waals surface area contributed by atoms with Gasteiger partial charge in [0, 0.05) is 17.2 Å². The van der Waals surface area contributed by atoms with Crippen molar-refractivity contribution in [1.82, 2.24) is 4.90 Å². The zero-order valence-corrected chi connectivity index (χ0v) is 19.3. The van der Waals surface area contributed by atoms with Gasteiger partial charge in [-0.05, 0) is 87.1 Å². The third-order valence-electron chi connectivity index (χ3n) is 7.35. The topological polar surface area (TPSA) is 21.7 Å². The van der Waals surface area contributed by atoms with Crippen LogP contribution in [0.15, 0.2) is 42.5 Å². The Bertz CT molecular complexity index is 943. The zero-order valence-electron chi connectivity index (χ0n) is 18.5. The van der Waals surface area contributed by atoms with Gasteiger partial charge in [-0.25, -0.2) is 0 Å². The SMILES string of the molecule is CCCCOc1ccccc1-c1ccc2c(c1)C(C1CCN3CCCCC3C1)C(=S)O2. The zero-order chi connectivity index (χ0) is 21.2. The normalized spacial score (nSPS) is 25.6. The van der Waals surface area contributed by atoms with Gasteiger partial charge in [0.1, 0.15) is 11.5 Å². The number of rotatable bonds is 6. The molecule has 0 N–H and O–H groups in total. The summed E-state index contributed by atoms with van der Waals surface area (Å²) in [6.45, 7) is 5.43. The molecule has 0 radical (unpaired) electrons. The minimum absolute atomic E-state index is 0.238. The number of benzene rings is 2. The van der Waals surface area contributed by atoms with Crippen LogP contribution < -0.4 is 9.47 Å². The molecule has 2 fully saturated rings. The van der Waals surface area contributed by atoms with Crippen molar-refractivity contribution in [2.24, 2.45) is 5.92 Å². The van der Waals surface area contributed by atoms with Crippen molar-refractivity contribution in [2.75, 3.05) is 19.7 Å². The molecule has 4 heteroatoms. The predicted octanol–water partition coefficient (Wildman–Crippen LogP) is 6.60. The van der Waals surface area contributed by atoms with Crippen LogP contribution in [-0.2, 0) is 0 Å². The van der Waals surface area contributed by atoms with Crippen LogP contribution in [0.5, 0.6) is 11.5 Å². The molecule has 31 heavy (non-hydrogen) atoms. The van der Waals surface area contributed by atoms with E-state index in [9.17, 15) is 0 Å². The number of thiocarbonyl (C=S) groups is 1. The molecule has 3 heterocycles. The average Bonchev–Trinajstić information content (AvgIpc) is 3.14. The lowest BCUT2D eigenvalue weighted by Gasteiger charge is -2.43. The Hall–Kier alpha value is -1.91. The van der Waals surface area contributed by atoms with Crippen LogP contribution in [0.4, 0.5) is 0 Å². The Labute approximate surface area is 191 Å². The molecule has 0 bridgehead atoms. The molecule has 0 spiro atoms. The molecule has 3 aliphatic rings. The lowest BCUT2D eigenvalue weighted by Crippen LogP contribution is -2.46. The van der Waals surface area contributed by atoms with Gasteiger partial charge in [-0.2, -0.15) is 0 Å². The third kappa shape index (κ3) is 4.25. The lowest BCUT2D eigenvalue weighted by atomic mass is 9.76. The summed E-state index contributed by atoms with van der Waals surface area (Å²) in [4.78, 5) is 2.71. The molecule has 2 aromatic rings. The van der Waals surface area contributed by atoms with Crippen LogP contribution in [0.2, 0.25) is 0 Å². The number of hydrogen-bond acceptors (Lipinski definition) is 4. The molecule has 0 aromatic heterocycles. The molecule has 0 amide bonds. The van der Waals surface area contributed by atoms with Crippen LogP contribution in [0.3, 0.4) is 0 Å². The van der Waals surface area contributed by atoms with E-state index in [-0.39, 0.29) is 5.92 Å². The summed E-state index contributed by atoms with van der Waals surface area (Å²) >= 11 is 5.77. The first-order chi connectivity index (χ1) is 15.2. The van der Waals surface area contributed by atoms with Gasteiger partial charge >= 0.3 is 0 Å². The van der Waals surface area contributed by atoms with E-state index in [0.29, 0.717) is 5.92 Å². The monoisotopic (exact) mass is 435 g/mol. The maximum Gasteiger partial charge on any atom is 0.175 e. The first kappa shape index (κ1) is 21.0. The summed E-state index contributed by atoms with van der Waals surface area (Å²) in [6, 6.07) is 15.7. The van der Waals surface area contributed by atoms with Gasteiger partial charge < -0.3 is 14.4 Å². The van der Waals surface area contributed by atoms with Crippen molar-refractivity contribution < 1.29 is 9.47 Å². The van der Waals surface area contributed by atoms with E-state index in [2.05, 4.69) is 54.3 Å². The fourth-order valence-electron chi connectivity index (χ4n) is 5.68. The standard InChI is InChI=1S/C27H33NO2S/c1-2-3-16-29-24-10-5-4-9-22(24)19-11-12-25-23(18-19)26(27(31)30-25)20-13-15-28-14-7-6-8-21(28)17-20/h4-5,9-12,18,20-21,26H,2-3,6-8,13-17H2,1H3. The molecule has 0 saturated carbocycles. The first-order valence-corrected chi connectivity index (χ1v) is 12.5. The third-order valence-corrected chi connectivity index (χ3v) is 7.68. The van der Waals surface area contributed by atoms with Gasteiger partial charge in [0.05, 0.1) is 12.5 Å².